The van der Waals surface area contributed by atoms with Crippen LogP contribution in [0.5, 0.6) is 0 Å². The van der Waals surface area contributed by atoms with Crippen molar-refractivity contribution in [2.24, 2.45) is 0 Å². The van der Waals surface area contributed by atoms with Crippen molar-refractivity contribution >= 4 is 17.5 Å². The third-order valence-electron chi connectivity index (χ3n) is 2.29. The van der Waals surface area contributed by atoms with E-state index in [1.165, 1.54) is 5.56 Å². The van der Waals surface area contributed by atoms with Crippen molar-refractivity contribution < 1.29 is 0 Å². The predicted octanol–water partition coefficient (Wildman–Crippen LogP) is 2.52. The van der Waals surface area contributed by atoms with Crippen molar-refractivity contribution in [3.05, 3.63) is 48.7 Å². The fourth-order valence-electron chi connectivity index (χ4n) is 1.39. The van der Waals surface area contributed by atoms with Crippen molar-refractivity contribution in [2.45, 2.75) is 6.92 Å². The van der Waals surface area contributed by atoms with E-state index in [-0.39, 0.29) is 0 Å². The minimum Gasteiger partial charge on any atom is -0.349 e. The fourth-order valence-corrected chi connectivity index (χ4v) is 1.39. The molecule has 0 aliphatic rings. The zero-order valence-corrected chi connectivity index (χ0v) is 10.2. The zero-order chi connectivity index (χ0) is 12.8. The van der Waals surface area contributed by atoms with Gasteiger partial charge in [0.25, 0.3) is 0 Å². The Bertz CT molecular complexity index is 521. The van der Waals surface area contributed by atoms with E-state index < -0.39 is 0 Å². The summed E-state index contributed by atoms with van der Waals surface area (Å²) in [6, 6.07) is 8.06. The number of nitrogens with one attached hydrogen (secondary N) is 2. The second-order valence-electron chi connectivity index (χ2n) is 3.83. The first kappa shape index (κ1) is 12.0. The molecule has 0 amide bonds. The van der Waals surface area contributed by atoms with Crippen LogP contribution in [0.1, 0.15) is 5.56 Å². The first-order chi connectivity index (χ1) is 8.78. The average molecular weight is 241 g/mol. The average Bonchev–Trinajstić information content (AvgIpc) is 2.40. The van der Waals surface area contributed by atoms with Gasteiger partial charge in [-0.15, -0.1) is 11.7 Å². The van der Waals surface area contributed by atoms with E-state index in [0.717, 1.165) is 5.69 Å². The van der Waals surface area contributed by atoms with Crippen LogP contribution >= 0.6 is 0 Å². The Balaban J connectivity index is 2.08. The van der Waals surface area contributed by atoms with Crippen LogP contribution in [-0.4, -0.2) is 21.7 Å². The van der Waals surface area contributed by atoms with Gasteiger partial charge in [-0.05, 0) is 19.1 Å². The number of aromatic nitrogens is 3. The van der Waals surface area contributed by atoms with Crippen LogP contribution in [0.2, 0.25) is 0 Å². The summed E-state index contributed by atoms with van der Waals surface area (Å²) in [6.45, 7) is 6.28. The molecule has 0 aliphatic heterocycles. The molecule has 5 heteroatoms. The number of benzene rings is 1. The molecule has 1 heterocycles. The maximum absolute atomic E-state index is 4.28. The predicted molar refractivity (Wildman–Crippen MR) is 73.0 cm³/mol. The third kappa shape index (κ3) is 3.28. The van der Waals surface area contributed by atoms with Gasteiger partial charge in [0.2, 0.25) is 5.95 Å². The van der Waals surface area contributed by atoms with E-state index in [4.69, 9.17) is 0 Å². The van der Waals surface area contributed by atoms with Crippen LogP contribution in [0.4, 0.5) is 17.5 Å². The molecule has 18 heavy (non-hydrogen) atoms. The summed E-state index contributed by atoms with van der Waals surface area (Å²) in [5.41, 5.74) is 2.19. The lowest BCUT2D eigenvalue weighted by atomic mass is 10.2. The molecule has 0 atom stereocenters. The van der Waals surface area contributed by atoms with Crippen LogP contribution in [0.3, 0.4) is 0 Å². The highest BCUT2D eigenvalue weighted by molar-refractivity contribution is 5.56. The number of rotatable bonds is 5. The molecular weight excluding hydrogens is 226 g/mol. The highest BCUT2D eigenvalue weighted by atomic mass is 15.3. The molecular formula is C13H15N5. The number of nitrogens with zero attached hydrogens (tertiary/aromatic N) is 3. The lowest BCUT2D eigenvalue weighted by Crippen LogP contribution is -2.05. The van der Waals surface area contributed by atoms with Crippen molar-refractivity contribution in [2.75, 3.05) is 17.2 Å². The Kier molecular flexibility index (Phi) is 3.86. The molecule has 92 valence electrons. The molecule has 1 aromatic carbocycles. The van der Waals surface area contributed by atoms with Gasteiger partial charge in [-0.3, -0.25) is 0 Å². The minimum atomic E-state index is 0.479. The number of hydrogen-bond acceptors (Lipinski definition) is 5. The molecule has 2 rings (SSSR count). The fraction of sp³-hybridized carbons (Fsp3) is 0.154. The molecule has 2 aromatic rings. The topological polar surface area (TPSA) is 62.7 Å². The van der Waals surface area contributed by atoms with Gasteiger partial charge >= 0.3 is 0 Å². The largest absolute Gasteiger partial charge is 0.349 e. The van der Waals surface area contributed by atoms with Crippen molar-refractivity contribution in [1.29, 1.82) is 0 Å². The standard InChI is InChI=1S/C13H15N5/c1-3-8-14-13-17-12(9-15-18-13)16-11-6-4-10(2)5-7-11/h3-7,9H,1,8H2,2H3,(H2,14,16,17,18). The summed E-state index contributed by atoms with van der Waals surface area (Å²) in [7, 11) is 0. The van der Waals surface area contributed by atoms with Gasteiger partial charge in [0.1, 0.15) is 0 Å². The Hall–Kier alpha value is -2.43. The van der Waals surface area contributed by atoms with E-state index >= 15 is 0 Å². The first-order valence-corrected chi connectivity index (χ1v) is 5.66. The summed E-state index contributed by atoms with van der Waals surface area (Å²) < 4.78 is 0. The van der Waals surface area contributed by atoms with E-state index in [1.54, 1.807) is 12.3 Å². The highest BCUT2D eigenvalue weighted by Gasteiger charge is 1.99. The summed E-state index contributed by atoms with van der Waals surface area (Å²) in [5.74, 6) is 1.13. The molecule has 0 saturated carbocycles. The van der Waals surface area contributed by atoms with Gasteiger partial charge < -0.3 is 10.6 Å². The van der Waals surface area contributed by atoms with E-state index in [2.05, 4.69) is 32.4 Å². The maximum atomic E-state index is 4.28. The van der Waals surface area contributed by atoms with Gasteiger partial charge in [-0.1, -0.05) is 23.8 Å². The SMILES string of the molecule is C=CCNc1nncc(Nc2ccc(C)cc2)n1. The van der Waals surface area contributed by atoms with Crippen LogP contribution in [-0.2, 0) is 0 Å². The minimum absolute atomic E-state index is 0.479. The van der Waals surface area contributed by atoms with Gasteiger partial charge in [-0.25, -0.2) is 0 Å². The molecule has 0 aliphatic carbocycles. The van der Waals surface area contributed by atoms with Gasteiger partial charge in [0.15, 0.2) is 5.82 Å². The molecule has 0 bridgehead atoms. The third-order valence-corrected chi connectivity index (χ3v) is 2.29. The number of hydrogen-bond donors (Lipinski definition) is 2. The van der Waals surface area contributed by atoms with Crippen LogP contribution in [0.25, 0.3) is 0 Å². The van der Waals surface area contributed by atoms with Crippen LogP contribution in [0, 0.1) is 6.92 Å². The molecule has 1 aromatic heterocycles. The van der Waals surface area contributed by atoms with E-state index in [0.29, 0.717) is 18.3 Å². The molecule has 2 N–H and O–H groups in total. The Labute approximate surface area is 106 Å². The zero-order valence-electron chi connectivity index (χ0n) is 10.2. The van der Waals surface area contributed by atoms with E-state index in [1.807, 2.05) is 31.2 Å². The van der Waals surface area contributed by atoms with Gasteiger partial charge in [0, 0.05) is 12.2 Å². The van der Waals surface area contributed by atoms with Gasteiger partial charge in [0.05, 0.1) is 6.20 Å². The molecule has 0 spiro atoms. The Morgan fingerprint density at radius 2 is 2.06 bits per heavy atom. The number of aryl methyl sites for hydroxylation is 1. The molecule has 0 saturated heterocycles. The van der Waals surface area contributed by atoms with Crippen molar-refractivity contribution in [3.8, 4) is 0 Å². The summed E-state index contributed by atoms with van der Waals surface area (Å²) in [6.07, 6.45) is 3.32. The van der Waals surface area contributed by atoms with Crippen LogP contribution < -0.4 is 10.6 Å². The van der Waals surface area contributed by atoms with E-state index in [9.17, 15) is 0 Å². The molecule has 0 fully saturated rings. The Morgan fingerprint density at radius 1 is 1.28 bits per heavy atom. The summed E-state index contributed by atoms with van der Waals surface area (Å²) in [4.78, 5) is 4.28. The smallest absolute Gasteiger partial charge is 0.244 e. The molecule has 0 radical (unpaired) electrons. The Morgan fingerprint density at radius 3 is 2.78 bits per heavy atom. The molecule has 5 nitrogen and oxygen atoms in total. The summed E-state index contributed by atoms with van der Waals surface area (Å²) >= 11 is 0. The lowest BCUT2D eigenvalue weighted by molar-refractivity contribution is 0.968. The quantitative estimate of drug-likeness (QED) is 0.787. The highest BCUT2D eigenvalue weighted by Crippen LogP contribution is 2.14. The monoisotopic (exact) mass is 241 g/mol. The first-order valence-electron chi connectivity index (χ1n) is 5.66. The van der Waals surface area contributed by atoms with Crippen molar-refractivity contribution in [3.63, 3.8) is 0 Å². The van der Waals surface area contributed by atoms with Crippen molar-refractivity contribution in [1.82, 2.24) is 15.2 Å². The maximum Gasteiger partial charge on any atom is 0.244 e. The number of anilines is 3. The van der Waals surface area contributed by atoms with Gasteiger partial charge in [-0.2, -0.15) is 10.1 Å². The second kappa shape index (κ2) is 5.77. The lowest BCUT2D eigenvalue weighted by Gasteiger charge is -2.06. The van der Waals surface area contributed by atoms with Crippen LogP contribution in [0.15, 0.2) is 43.1 Å². The summed E-state index contributed by atoms with van der Waals surface area (Å²) in [5, 5.41) is 13.9. The molecule has 0 unspecified atom stereocenters. The normalized spacial score (nSPS) is 9.83. The second-order valence-corrected chi connectivity index (χ2v) is 3.83.